The third-order valence-electron chi connectivity index (χ3n) is 2.33. The largest absolute Gasteiger partial charge is 0.380 e. The van der Waals surface area contributed by atoms with E-state index in [1.54, 1.807) is 43.6 Å². The fourth-order valence-corrected chi connectivity index (χ4v) is 1.47. The molecular formula is C12H12N2O2. The maximum atomic E-state index is 11.8. The van der Waals surface area contributed by atoms with E-state index in [2.05, 4.69) is 5.10 Å². The van der Waals surface area contributed by atoms with Crippen molar-refractivity contribution in [1.29, 1.82) is 0 Å². The summed E-state index contributed by atoms with van der Waals surface area (Å²) in [6.45, 7) is 0. The number of carbonyl (C=O) groups is 1. The molecule has 1 aromatic heterocycles. The maximum absolute atomic E-state index is 11.8. The van der Waals surface area contributed by atoms with E-state index in [1.807, 2.05) is 6.07 Å². The standard InChI is InChI=1S/C12H12N2O2/c1-14-8-7-10(13-14)12(16)11(15)9-5-3-2-4-6-9/h2-8,11,15H,1H3. The van der Waals surface area contributed by atoms with E-state index in [4.69, 9.17) is 0 Å². The van der Waals surface area contributed by atoms with Crippen molar-refractivity contribution in [2.45, 2.75) is 6.10 Å². The summed E-state index contributed by atoms with van der Waals surface area (Å²) in [6.07, 6.45) is 0.529. The van der Waals surface area contributed by atoms with Crippen LogP contribution in [0.15, 0.2) is 42.6 Å². The second-order valence-corrected chi connectivity index (χ2v) is 3.55. The van der Waals surface area contributed by atoms with Gasteiger partial charge in [0.1, 0.15) is 11.8 Å². The van der Waals surface area contributed by atoms with Crippen molar-refractivity contribution < 1.29 is 9.90 Å². The highest BCUT2D eigenvalue weighted by molar-refractivity contribution is 5.98. The highest BCUT2D eigenvalue weighted by atomic mass is 16.3. The van der Waals surface area contributed by atoms with Crippen LogP contribution in [0.4, 0.5) is 0 Å². The summed E-state index contributed by atoms with van der Waals surface area (Å²) in [5, 5.41) is 13.8. The van der Waals surface area contributed by atoms with Gasteiger partial charge in [-0.25, -0.2) is 0 Å². The van der Waals surface area contributed by atoms with Gasteiger partial charge in [0.25, 0.3) is 0 Å². The van der Waals surface area contributed by atoms with E-state index in [0.717, 1.165) is 0 Å². The molecule has 4 nitrogen and oxygen atoms in total. The third kappa shape index (κ3) is 2.01. The van der Waals surface area contributed by atoms with Crippen LogP contribution in [0.2, 0.25) is 0 Å². The monoisotopic (exact) mass is 216 g/mol. The Hall–Kier alpha value is -1.94. The second kappa shape index (κ2) is 4.28. The zero-order valence-corrected chi connectivity index (χ0v) is 8.87. The van der Waals surface area contributed by atoms with Crippen molar-refractivity contribution in [2.75, 3.05) is 0 Å². The molecule has 0 aliphatic rings. The van der Waals surface area contributed by atoms with E-state index < -0.39 is 6.10 Å². The summed E-state index contributed by atoms with van der Waals surface area (Å²) in [5.41, 5.74) is 0.858. The molecule has 1 aromatic carbocycles. The number of Topliss-reactive ketones (excluding diaryl/α,β-unsaturated/α-hetero) is 1. The Kier molecular flexibility index (Phi) is 2.83. The van der Waals surface area contributed by atoms with Gasteiger partial charge in [-0.1, -0.05) is 30.3 Å². The number of rotatable bonds is 3. The SMILES string of the molecule is Cn1ccc(C(=O)C(O)c2ccccc2)n1. The zero-order valence-electron chi connectivity index (χ0n) is 8.87. The first kappa shape index (κ1) is 10.6. The molecule has 0 radical (unpaired) electrons. The van der Waals surface area contributed by atoms with Gasteiger partial charge in [0.05, 0.1) is 0 Å². The first-order valence-corrected chi connectivity index (χ1v) is 4.95. The number of nitrogens with zero attached hydrogens (tertiary/aromatic N) is 2. The number of aliphatic hydroxyl groups excluding tert-OH is 1. The lowest BCUT2D eigenvalue weighted by Gasteiger charge is -2.07. The van der Waals surface area contributed by atoms with Gasteiger partial charge in [0.2, 0.25) is 5.78 Å². The minimum Gasteiger partial charge on any atom is -0.380 e. The average molecular weight is 216 g/mol. The summed E-state index contributed by atoms with van der Waals surface area (Å²) in [7, 11) is 1.73. The van der Waals surface area contributed by atoms with Crippen LogP contribution in [0.5, 0.6) is 0 Å². The maximum Gasteiger partial charge on any atom is 0.215 e. The fourth-order valence-electron chi connectivity index (χ4n) is 1.47. The summed E-state index contributed by atoms with van der Waals surface area (Å²) < 4.78 is 1.53. The lowest BCUT2D eigenvalue weighted by Crippen LogP contribution is -2.13. The number of carbonyl (C=O) groups excluding carboxylic acids is 1. The molecule has 0 saturated heterocycles. The molecule has 1 atom stereocenters. The molecule has 0 aliphatic heterocycles. The normalized spacial score (nSPS) is 12.4. The highest BCUT2D eigenvalue weighted by Gasteiger charge is 2.20. The molecule has 16 heavy (non-hydrogen) atoms. The molecular weight excluding hydrogens is 204 g/mol. The quantitative estimate of drug-likeness (QED) is 0.787. The molecule has 2 rings (SSSR count). The number of aliphatic hydroxyl groups is 1. The topological polar surface area (TPSA) is 55.1 Å². The molecule has 82 valence electrons. The van der Waals surface area contributed by atoms with Gasteiger partial charge in [0, 0.05) is 13.2 Å². The van der Waals surface area contributed by atoms with Crippen LogP contribution in [-0.4, -0.2) is 20.7 Å². The van der Waals surface area contributed by atoms with Crippen LogP contribution >= 0.6 is 0 Å². The van der Waals surface area contributed by atoms with Crippen molar-refractivity contribution in [3.8, 4) is 0 Å². The van der Waals surface area contributed by atoms with Gasteiger partial charge in [-0.3, -0.25) is 9.48 Å². The van der Waals surface area contributed by atoms with Crippen LogP contribution in [0, 0.1) is 0 Å². The number of aromatic nitrogens is 2. The lowest BCUT2D eigenvalue weighted by atomic mass is 10.0. The zero-order chi connectivity index (χ0) is 11.5. The molecule has 1 N–H and O–H groups in total. The van der Waals surface area contributed by atoms with Crippen LogP contribution in [-0.2, 0) is 7.05 Å². The number of benzene rings is 1. The average Bonchev–Trinajstić information content (AvgIpc) is 2.75. The van der Waals surface area contributed by atoms with Crippen LogP contribution < -0.4 is 0 Å². The predicted octanol–water partition coefficient (Wildman–Crippen LogP) is 1.34. The molecule has 0 aliphatic carbocycles. The Balaban J connectivity index is 2.23. The highest BCUT2D eigenvalue weighted by Crippen LogP contribution is 2.16. The molecule has 0 fully saturated rings. The Bertz CT molecular complexity index is 491. The summed E-state index contributed by atoms with van der Waals surface area (Å²) in [6, 6.07) is 10.4. The van der Waals surface area contributed by atoms with E-state index in [9.17, 15) is 9.90 Å². The molecule has 4 heteroatoms. The third-order valence-corrected chi connectivity index (χ3v) is 2.33. The van der Waals surface area contributed by atoms with Crippen LogP contribution in [0.25, 0.3) is 0 Å². The minimum absolute atomic E-state index is 0.277. The number of hydrogen-bond donors (Lipinski definition) is 1. The van der Waals surface area contributed by atoms with Gasteiger partial charge in [-0.15, -0.1) is 0 Å². The van der Waals surface area contributed by atoms with Crippen molar-refractivity contribution in [3.05, 3.63) is 53.9 Å². The lowest BCUT2D eigenvalue weighted by molar-refractivity contribution is 0.0741. The Morgan fingerprint density at radius 2 is 2.00 bits per heavy atom. The second-order valence-electron chi connectivity index (χ2n) is 3.55. The van der Waals surface area contributed by atoms with Gasteiger partial charge in [-0.2, -0.15) is 5.10 Å². The summed E-state index contributed by atoms with van der Waals surface area (Å²) in [4.78, 5) is 11.8. The molecule has 1 unspecified atom stereocenters. The molecule has 0 bridgehead atoms. The molecule has 1 heterocycles. The van der Waals surface area contributed by atoms with Crippen molar-refractivity contribution in [3.63, 3.8) is 0 Å². The fraction of sp³-hybridized carbons (Fsp3) is 0.167. The van der Waals surface area contributed by atoms with Crippen LogP contribution in [0.3, 0.4) is 0 Å². The number of ketones is 1. The Labute approximate surface area is 93.1 Å². The van der Waals surface area contributed by atoms with Gasteiger partial charge in [0.15, 0.2) is 0 Å². The minimum atomic E-state index is -1.14. The first-order chi connectivity index (χ1) is 7.68. The van der Waals surface area contributed by atoms with Crippen molar-refractivity contribution in [1.82, 2.24) is 9.78 Å². The molecule has 2 aromatic rings. The first-order valence-electron chi connectivity index (χ1n) is 4.95. The van der Waals surface area contributed by atoms with E-state index >= 15 is 0 Å². The van der Waals surface area contributed by atoms with Gasteiger partial charge >= 0.3 is 0 Å². The summed E-state index contributed by atoms with van der Waals surface area (Å²) in [5.74, 6) is -0.383. The van der Waals surface area contributed by atoms with E-state index in [0.29, 0.717) is 5.56 Å². The van der Waals surface area contributed by atoms with E-state index in [-0.39, 0.29) is 11.5 Å². The van der Waals surface area contributed by atoms with Gasteiger partial charge < -0.3 is 5.11 Å². The van der Waals surface area contributed by atoms with E-state index in [1.165, 1.54) is 4.68 Å². The molecule has 0 amide bonds. The molecule has 0 spiro atoms. The summed E-state index contributed by atoms with van der Waals surface area (Å²) >= 11 is 0. The molecule has 0 saturated carbocycles. The van der Waals surface area contributed by atoms with Crippen molar-refractivity contribution in [2.24, 2.45) is 7.05 Å². The predicted molar refractivity (Wildman–Crippen MR) is 58.9 cm³/mol. The smallest absolute Gasteiger partial charge is 0.215 e. The Morgan fingerprint density at radius 3 is 2.56 bits per heavy atom. The number of aryl methyl sites for hydroxylation is 1. The number of hydrogen-bond acceptors (Lipinski definition) is 3. The van der Waals surface area contributed by atoms with Gasteiger partial charge in [-0.05, 0) is 11.6 Å². The van der Waals surface area contributed by atoms with Crippen LogP contribution in [0.1, 0.15) is 22.2 Å². The Morgan fingerprint density at radius 1 is 1.31 bits per heavy atom. The van der Waals surface area contributed by atoms with Crippen molar-refractivity contribution >= 4 is 5.78 Å².